The molecule has 0 saturated heterocycles. The minimum atomic E-state index is 0.600. The zero-order chi connectivity index (χ0) is 35.6. The standard InChI is InChI=1S/C48H28N4OS/c1-2-11-31(12-3-1)46-50-47(52-48(51-46)38-18-9-23-42-44(38)35-13-4-5-22-41(35)54-42)37-17-8-21-40-43(37)36-16-6-15-33(45(36)53-40)30-26-24-29(25-27-30)32-14-7-20-39-34(32)19-10-28-49-39/h1-28H. The topological polar surface area (TPSA) is 64.7 Å². The molecule has 5 nitrogen and oxygen atoms in total. The lowest BCUT2D eigenvalue weighted by Crippen LogP contribution is -2.00. The summed E-state index contributed by atoms with van der Waals surface area (Å²) in [4.78, 5) is 20.1. The molecule has 4 aromatic heterocycles. The van der Waals surface area contributed by atoms with Gasteiger partial charge in [-0.15, -0.1) is 11.3 Å². The van der Waals surface area contributed by atoms with Crippen LogP contribution in [0.3, 0.4) is 0 Å². The number of furan rings is 1. The molecule has 11 aromatic rings. The second-order valence-corrected chi connectivity index (χ2v) is 14.4. The molecule has 6 heteroatoms. The highest BCUT2D eigenvalue weighted by Crippen LogP contribution is 2.43. The smallest absolute Gasteiger partial charge is 0.164 e. The average molecular weight is 709 g/mol. The molecule has 0 radical (unpaired) electrons. The van der Waals surface area contributed by atoms with Crippen LogP contribution in [0.25, 0.3) is 109 Å². The van der Waals surface area contributed by atoms with E-state index in [-0.39, 0.29) is 0 Å². The molecule has 11 rings (SSSR count). The summed E-state index contributed by atoms with van der Waals surface area (Å²) in [5, 5.41) is 5.49. The Morgan fingerprint density at radius 3 is 1.85 bits per heavy atom. The molecule has 54 heavy (non-hydrogen) atoms. The number of thiophene rings is 1. The Labute approximate surface area is 313 Å². The number of aromatic nitrogens is 4. The first kappa shape index (κ1) is 30.6. The quantitative estimate of drug-likeness (QED) is 0.178. The number of nitrogens with zero attached hydrogens (tertiary/aromatic N) is 4. The fraction of sp³-hybridized carbons (Fsp3) is 0. The molecule has 0 unspecified atom stereocenters. The Hall–Kier alpha value is -7.02. The van der Waals surface area contributed by atoms with Gasteiger partial charge in [-0.3, -0.25) is 4.98 Å². The van der Waals surface area contributed by atoms with E-state index >= 15 is 0 Å². The van der Waals surface area contributed by atoms with E-state index < -0.39 is 0 Å². The zero-order valence-corrected chi connectivity index (χ0v) is 29.6. The van der Waals surface area contributed by atoms with Crippen LogP contribution in [0, 0.1) is 0 Å². The van der Waals surface area contributed by atoms with Crippen LogP contribution in [0.5, 0.6) is 0 Å². The molecule has 0 fully saturated rings. The summed E-state index contributed by atoms with van der Waals surface area (Å²) in [6.07, 6.45) is 1.84. The van der Waals surface area contributed by atoms with Crippen LogP contribution in [-0.4, -0.2) is 19.9 Å². The van der Waals surface area contributed by atoms with E-state index in [2.05, 4.69) is 120 Å². The van der Waals surface area contributed by atoms with Crippen LogP contribution in [0.1, 0.15) is 0 Å². The SMILES string of the molecule is c1ccc(-c2nc(-c3cccc4oc5c(-c6ccc(-c7cccc8ncccc78)cc6)cccc5c34)nc(-c3cccc4sc5ccccc5c34)n2)cc1. The molecule has 0 spiro atoms. The lowest BCUT2D eigenvalue weighted by molar-refractivity contribution is 0.670. The van der Waals surface area contributed by atoms with Crippen molar-refractivity contribution in [1.82, 2.24) is 19.9 Å². The van der Waals surface area contributed by atoms with E-state index in [9.17, 15) is 0 Å². The van der Waals surface area contributed by atoms with Gasteiger partial charge in [0.15, 0.2) is 17.5 Å². The van der Waals surface area contributed by atoms with Crippen LogP contribution in [-0.2, 0) is 0 Å². The molecule has 0 atom stereocenters. The monoisotopic (exact) mass is 708 g/mol. The number of fused-ring (bicyclic) bond motifs is 7. The number of rotatable bonds is 5. The van der Waals surface area contributed by atoms with Gasteiger partial charge < -0.3 is 4.42 Å². The van der Waals surface area contributed by atoms with Crippen LogP contribution < -0.4 is 0 Å². The van der Waals surface area contributed by atoms with Gasteiger partial charge in [-0.25, -0.2) is 15.0 Å². The van der Waals surface area contributed by atoms with Crippen LogP contribution in [0.2, 0.25) is 0 Å². The molecule has 0 amide bonds. The first-order valence-electron chi connectivity index (χ1n) is 17.9. The Kier molecular flexibility index (Phi) is 6.97. The summed E-state index contributed by atoms with van der Waals surface area (Å²) in [6, 6.07) is 56.7. The predicted molar refractivity (Wildman–Crippen MR) is 222 cm³/mol. The molecule has 0 bridgehead atoms. The molecule has 0 aliphatic rings. The largest absolute Gasteiger partial charge is 0.455 e. The molecule has 4 heterocycles. The number of benzene rings is 7. The van der Waals surface area contributed by atoms with E-state index in [1.165, 1.54) is 14.8 Å². The third-order valence-electron chi connectivity index (χ3n) is 10.2. The van der Waals surface area contributed by atoms with E-state index in [0.29, 0.717) is 17.5 Å². The third-order valence-corrected chi connectivity index (χ3v) is 11.4. The highest BCUT2D eigenvalue weighted by atomic mass is 32.1. The summed E-state index contributed by atoms with van der Waals surface area (Å²) in [6.45, 7) is 0. The van der Waals surface area contributed by atoms with Gasteiger partial charge in [0.2, 0.25) is 0 Å². The van der Waals surface area contributed by atoms with Gasteiger partial charge in [0.25, 0.3) is 0 Å². The van der Waals surface area contributed by atoms with E-state index in [1.807, 2.05) is 54.7 Å². The van der Waals surface area contributed by atoms with Crippen molar-refractivity contribution >= 4 is 64.4 Å². The maximum atomic E-state index is 6.72. The van der Waals surface area contributed by atoms with Crippen molar-refractivity contribution in [1.29, 1.82) is 0 Å². The van der Waals surface area contributed by atoms with Crippen LogP contribution >= 0.6 is 11.3 Å². The molecular formula is C48H28N4OS. The van der Waals surface area contributed by atoms with Gasteiger partial charge in [-0.05, 0) is 47.0 Å². The van der Waals surface area contributed by atoms with Crippen molar-refractivity contribution in [2.24, 2.45) is 0 Å². The third kappa shape index (κ3) is 4.92. The lowest BCUT2D eigenvalue weighted by Gasteiger charge is -2.10. The van der Waals surface area contributed by atoms with Crippen LogP contribution in [0.4, 0.5) is 0 Å². The van der Waals surface area contributed by atoms with Gasteiger partial charge in [-0.1, -0.05) is 133 Å². The minimum Gasteiger partial charge on any atom is -0.455 e. The van der Waals surface area contributed by atoms with Crippen molar-refractivity contribution in [3.63, 3.8) is 0 Å². The Morgan fingerprint density at radius 1 is 0.389 bits per heavy atom. The van der Waals surface area contributed by atoms with Gasteiger partial charge >= 0.3 is 0 Å². The molecule has 252 valence electrons. The summed E-state index contributed by atoms with van der Waals surface area (Å²) >= 11 is 1.79. The zero-order valence-electron chi connectivity index (χ0n) is 28.8. The van der Waals surface area contributed by atoms with Gasteiger partial charge in [-0.2, -0.15) is 0 Å². The highest BCUT2D eigenvalue weighted by molar-refractivity contribution is 7.25. The van der Waals surface area contributed by atoms with Gasteiger partial charge in [0, 0.05) is 64.8 Å². The van der Waals surface area contributed by atoms with Crippen LogP contribution in [0.15, 0.2) is 174 Å². The minimum absolute atomic E-state index is 0.600. The Balaban J connectivity index is 1.09. The fourth-order valence-corrected chi connectivity index (χ4v) is 8.87. The van der Waals surface area contributed by atoms with Crippen molar-refractivity contribution < 1.29 is 4.42 Å². The molecule has 0 saturated carbocycles. The van der Waals surface area contributed by atoms with E-state index in [0.717, 1.165) is 77.2 Å². The molecular weight excluding hydrogens is 681 g/mol. The Bertz CT molecular complexity index is 3220. The van der Waals surface area contributed by atoms with Crippen molar-refractivity contribution in [3.05, 3.63) is 170 Å². The first-order chi connectivity index (χ1) is 26.8. The van der Waals surface area contributed by atoms with Gasteiger partial charge in [0.1, 0.15) is 11.2 Å². The molecule has 0 aliphatic carbocycles. The molecule has 0 N–H and O–H groups in total. The number of hydrogen-bond acceptors (Lipinski definition) is 6. The first-order valence-corrected chi connectivity index (χ1v) is 18.7. The summed E-state index contributed by atoms with van der Waals surface area (Å²) in [7, 11) is 0. The second kappa shape index (κ2) is 12.3. The average Bonchev–Trinajstić information content (AvgIpc) is 3.83. The number of pyridine rings is 1. The lowest BCUT2D eigenvalue weighted by atomic mass is 9.96. The highest BCUT2D eigenvalue weighted by Gasteiger charge is 2.21. The number of hydrogen-bond donors (Lipinski definition) is 0. The maximum absolute atomic E-state index is 6.72. The molecule has 7 aromatic carbocycles. The number of para-hydroxylation sites is 1. The van der Waals surface area contributed by atoms with Crippen molar-refractivity contribution in [2.75, 3.05) is 0 Å². The molecule has 0 aliphatic heterocycles. The van der Waals surface area contributed by atoms with Gasteiger partial charge in [0.05, 0.1) is 5.52 Å². The normalized spacial score (nSPS) is 11.7. The van der Waals surface area contributed by atoms with Crippen molar-refractivity contribution in [3.8, 4) is 56.4 Å². The van der Waals surface area contributed by atoms with Crippen molar-refractivity contribution in [2.45, 2.75) is 0 Å². The van der Waals surface area contributed by atoms with E-state index in [1.54, 1.807) is 11.3 Å². The Morgan fingerprint density at radius 2 is 1.00 bits per heavy atom. The summed E-state index contributed by atoms with van der Waals surface area (Å²) < 4.78 is 9.16. The van der Waals surface area contributed by atoms with E-state index in [4.69, 9.17) is 19.4 Å². The predicted octanol–water partition coefficient (Wildman–Crippen LogP) is 13.0. The summed E-state index contributed by atoms with van der Waals surface area (Å²) in [5.41, 5.74) is 9.81. The summed E-state index contributed by atoms with van der Waals surface area (Å²) in [5.74, 6) is 1.86. The maximum Gasteiger partial charge on any atom is 0.164 e. The second-order valence-electron chi connectivity index (χ2n) is 13.4. The fourth-order valence-electron chi connectivity index (χ4n) is 7.74.